The molecule has 3 unspecified atom stereocenters. The Labute approximate surface area is 391 Å². The molecule has 0 aromatic heterocycles. The zero-order valence-electron chi connectivity index (χ0n) is 42.0. The summed E-state index contributed by atoms with van der Waals surface area (Å²) in [6, 6.07) is -0.706. The van der Waals surface area contributed by atoms with Crippen LogP contribution in [0.5, 0.6) is 0 Å². The smallest absolute Gasteiger partial charge is 0.306 e. The normalized spacial score (nSPS) is 13.5. The highest BCUT2D eigenvalue weighted by atomic mass is 16.5. The number of nitrogens with one attached hydrogen (secondary N) is 1. The first-order valence-corrected chi connectivity index (χ1v) is 27.4. The third kappa shape index (κ3) is 46.2. The number of amides is 1. The Kier molecular flexibility index (Phi) is 49.1. The van der Waals surface area contributed by atoms with Crippen LogP contribution in [-0.2, 0) is 14.3 Å². The average molecular weight is 884 g/mol. The predicted molar refractivity (Wildman–Crippen MR) is 273 cm³/mol. The number of hydrogen-bond donors (Lipinski definition) is 3. The molecule has 0 aromatic carbocycles. The third-order valence-electron chi connectivity index (χ3n) is 12.4. The molecule has 0 aliphatic carbocycles. The van der Waals surface area contributed by atoms with Crippen molar-refractivity contribution in [3.63, 3.8) is 0 Å². The number of allylic oxidation sites excluding steroid dienone is 8. The van der Waals surface area contributed by atoms with Crippen LogP contribution >= 0.6 is 0 Å². The largest absolute Gasteiger partial charge is 0.462 e. The fourth-order valence-corrected chi connectivity index (χ4v) is 8.24. The number of aliphatic hydroxyl groups excluding tert-OH is 2. The van der Waals surface area contributed by atoms with Gasteiger partial charge in [0.25, 0.3) is 0 Å². The van der Waals surface area contributed by atoms with E-state index in [1.807, 2.05) is 0 Å². The van der Waals surface area contributed by atoms with Crippen molar-refractivity contribution >= 4 is 11.9 Å². The van der Waals surface area contributed by atoms with Crippen molar-refractivity contribution in [1.82, 2.24) is 5.32 Å². The van der Waals surface area contributed by atoms with Crippen molar-refractivity contribution in [3.8, 4) is 0 Å². The molecule has 0 rings (SSSR count). The standard InChI is InChI=1S/C57H105NO5/c1-4-7-10-13-16-19-22-24-26-27-28-29-30-32-35-38-41-44-47-50-57(62)63-53(48-45-42-39-36-34-31-25-23-20-17-14-11-8-5-2)51-56(61)58-54(52-59)55(60)49-46-43-40-37-33-21-18-15-12-9-6-3/h16,19,24,26,28-29,32,35,53-55,59-60H,4-15,17-18,20-23,25,27,30-31,33-34,36-52H2,1-3H3,(H,58,61)/b19-16-,26-24-,29-28-,35-32-. The monoisotopic (exact) mass is 884 g/mol. The number of hydrogen-bond acceptors (Lipinski definition) is 5. The highest BCUT2D eigenvalue weighted by Crippen LogP contribution is 2.18. The highest BCUT2D eigenvalue weighted by Gasteiger charge is 2.24. The molecule has 0 aromatic rings. The van der Waals surface area contributed by atoms with E-state index >= 15 is 0 Å². The Morgan fingerprint density at radius 1 is 0.460 bits per heavy atom. The zero-order valence-corrected chi connectivity index (χ0v) is 42.0. The predicted octanol–water partition coefficient (Wildman–Crippen LogP) is 16.6. The summed E-state index contributed by atoms with van der Waals surface area (Å²) in [5.41, 5.74) is 0. The van der Waals surface area contributed by atoms with Crippen molar-refractivity contribution in [2.45, 2.75) is 296 Å². The summed E-state index contributed by atoms with van der Waals surface area (Å²) in [4.78, 5) is 26.2. The van der Waals surface area contributed by atoms with Gasteiger partial charge in [-0.1, -0.05) is 243 Å². The molecule has 0 aliphatic rings. The van der Waals surface area contributed by atoms with Gasteiger partial charge in [0, 0.05) is 6.42 Å². The molecule has 63 heavy (non-hydrogen) atoms. The second-order valence-corrected chi connectivity index (χ2v) is 18.6. The van der Waals surface area contributed by atoms with Crippen LogP contribution in [0.1, 0.15) is 278 Å². The SMILES string of the molecule is CCCCC/C=C\C/C=C\C/C=C\C/C=C\CCCCCC(=O)OC(CCCCCCCCCCCCCCCC)CC(=O)NC(CO)C(O)CCCCCCCCCCCCC. The third-order valence-corrected chi connectivity index (χ3v) is 12.4. The summed E-state index contributed by atoms with van der Waals surface area (Å²) in [6.07, 6.45) is 61.7. The Bertz CT molecular complexity index is 1080. The quantitative estimate of drug-likeness (QED) is 0.0321. The van der Waals surface area contributed by atoms with Gasteiger partial charge in [0.05, 0.1) is 25.2 Å². The number of ether oxygens (including phenoxy) is 1. The Hall–Kier alpha value is -2.18. The maximum atomic E-state index is 13.2. The van der Waals surface area contributed by atoms with Crippen LogP contribution in [0.2, 0.25) is 0 Å². The number of carbonyl (C=O) groups excluding carboxylic acids is 2. The minimum absolute atomic E-state index is 0.0674. The molecule has 368 valence electrons. The van der Waals surface area contributed by atoms with Crippen LogP contribution in [0.4, 0.5) is 0 Å². The molecule has 0 fully saturated rings. The molecule has 1 amide bonds. The summed E-state index contributed by atoms with van der Waals surface area (Å²) in [5.74, 6) is -0.500. The van der Waals surface area contributed by atoms with E-state index in [0.717, 1.165) is 77.0 Å². The van der Waals surface area contributed by atoms with Gasteiger partial charge in [0.15, 0.2) is 0 Å². The Balaban J connectivity index is 4.60. The molecule has 6 nitrogen and oxygen atoms in total. The lowest BCUT2D eigenvalue weighted by atomic mass is 10.0. The number of aliphatic hydroxyl groups is 2. The molecule has 6 heteroatoms. The maximum Gasteiger partial charge on any atom is 0.306 e. The van der Waals surface area contributed by atoms with Gasteiger partial charge in [0.1, 0.15) is 6.10 Å². The first-order chi connectivity index (χ1) is 31.0. The lowest BCUT2D eigenvalue weighted by molar-refractivity contribution is -0.151. The van der Waals surface area contributed by atoms with Crippen LogP contribution in [-0.4, -0.2) is 46.9 Å². The molecule has 0 saturated heterocycles. The molecular formula is C57H105NO5. The highest BCUT2D eigenvalue weighted by molar-refractivity contribution is 5.77. The first-order valence-electron chi connectivity index (χ1n) is 27.4. The molecule has 0 spiro atoms. The van der Waals surface area contributed by atoms with Gasteiger partial charge in [-0.2, -0.15) is 0 Å². The topological polar surface area (TPSA) is 95.9 Å². The van der Waals surface area contributed by atoms with Crippen molar-refractivity contribution in [2.24, 2.45) is 0 Å². The second kappa shape index (κ2) is 50.8. The van der Waals surface area contributed by atoms with Gasteiger partial charge >= 0.3 is 5.97 Å². The van der Waals surface area contributed by atoms with Crippen molar-refractivity contribution in [1.29, 1.82) is 0 Å². The lowest BCUT2D eigenvalue weighted by Gasteiger charge is -2.24. The first kappa shape index (κ1) is 60.8. The molecule has 0 heterocycles. The number of esters is 1. The summed E-state index contributed by atoms with van der Waals surface area (Å²) in [6.45, 7) is 6.46. The second-order valence-electron chi connectivity index (χ2n) is 18.6. The van der Waals surface area contributed by atoms with E-state index in [1.165, 1.54) is 154 Å². The Morgan fingerprint density at radius 2 is 0.810 bits per heavy atom. The molecule has 3 N–H and O–H groups in total. The van der Waals surface area contributed by atoms with Gasteiger partial charge < -0.3 is 20.3 Å². The molecular weight excluding hydrogens is 779 g/mol. The lowest BCUT2D eigenvalue weighted by Crippen LogP contribution is -2.46. The van der Waals surface area contributed by atoms with E-state index < -0.39 is 18.2 Å². The van der Waals surface area contributed by atoms with Crippen LogP contribution in [0.3, 0.4) is 0 Å². The van der Waals surface area contributed by atoms with Crippen LogP contribution in [0, 0.1) is 0 Å². The van der Waals surface area contributed by atoms with E-state index in [9.17, 15) is 19.8 Å². The summed E-state index contributed by atoms with van der Waals surface area (Å²) < 4.78 is 5.94. The minimum Gasteiger partial charge on any atom is -0.462 e. The maximum absolute atomic E-state index is 13.2. The summed E-state index contributed by atoms with van der Waals surface area (Å²) in [5, 5.41) is 23.8. The molecule has 0 saturated carbocycles. The van der Waals surface area contributed by atoms with Crippen molar-refractivity contribution in [3.05, 3.63) is 48.6 Å². The van der Waals surface area contributed by atoms with E-state index in [4.69, 9.17) is 4.74 Å². The summed E-state index contributed by atoms with van der Waals surface area (Å²) in [7, 11) is 0. The number of carbonyl (C=O) groups is 2. The number of unbranched alkanes of at least 4 members (excludes halogenated alkanes) is 29. The van der Waals surface area contributed by atoms with Gasteiger partial charge in [-0.15, -0.1) is 0 Å². The Morgan fingerprint density at radius 3 is 1.24 bits per heavy atom. The van der Waals surface area contributed by atoms with Gasteiger partial charge in [-0.25, -0.2) is 0 Å². The number of rotatable bonds is 49. The van der Waals surface area contributed by atoms with E-state index in [2.05, 4.69) is 74.7 Å². The molecule has 3 atom stereocenters. The zero-order chi connectivity index (χ0) is 45.9. The average Bonchev–Trinajstić information content (AvgIpc) is 3.28. The minimum atomic E-state index is -0.791. The van der Waals surface area contributed by atoms with Gasteiger partial charge in [-0.3, -0.25) is 9.59 Å². The molecule has 0 aliphatic heterocycles. The van der Waals surface area contributed by atoms with Crippen molar-refractivity contribution < 1.29 is 24.5 Å². The molecule has 0 bridgehead atoms. The van der Waals surface area contributed by atoms with E-state index in [-0.39, 0.29) is 24.9 Å². The fraction of sp³-hybridized carbons (Fsp3) is 0.825. The van der Waals surface area contributed by atoms with Gasteiger partial charge in [0.2, 0.25) is 5.91 Å². The molecule has 0 radical (unpaired) electrons. The van der Waals surface area contributed by atoms with Crippen LogP contribution in [0.25, 0.3) is 0 Å². The van der Waals surface area contributed by atoms with Gasteiger partial charge in [-0.05, 0) is 70.6 Å². The van der Waals surface area contributed by atoms with Crippen LogP contribution in [0.15, 0.2) is 48.6 Å². The van der Waals surface area contributed by atoms with Crippen LogP contribution < -0.4 is 5.32 Å². The fourth-order valence-electron chi connectivity index (χ4n) is 8.24. The van der Waals surface area contributed by atoms with E-state index in [1.54, 1.807) is 0 Å². The van der Waals surface area contributed by atoms with Crippen molar-refractivity contribution in [2.75, 3.05) is 6.61 Å². The van der Waals surface area contributed by atoms with E-state index in [0.29, 0.717) is 19.3 Å². The summed E-state index contributed by atoms with van der Waals surface area (Å²) >= 11 is 0.